The summed E-state index contributed by atoms with van der Waals surface area (Å²) in [5.41, 5.74) is 3.16. The quantitative estimate of drug-likeness (QED) is 0.603. The maximum atomic E-state index is 13.2. The van der Waals surface area contributed by atoms with Crippen LogP contribution in [-0.2, 0) is 19.1 Å². The Morgan fingerprint density at radius 2 is 2.13 bits per heavy atom. The first-order valence-electron chi connectivity index (χ1n) is 10.5. The highest BCUT2D eigenvalue weighted by Crippen LogP contribution is 2.46. The fraction of sp³-hybridized carbons (Fsp3) is 0.478. The van der Waals surface area contributed by atoms with Crippen molar-refractivity contribution < 1.29 is 28.9 Å². The lowest BCUT2D eigenvalue weighted by Gasteiger charge is -2.34. The Bertz CT molecular complexity index is 977. The summed E-state index contributed by atoms with van der Waals surface area (Å²) in [6.45, 7) is 2.69. The highest BCUT2D eigenvalue weighted by molar-refractivity contribution is 9.10. The molecular weight excluding hydrogens is 466 g/mol. The molecule has 2 atom stereocenters. The van der Waals surface area contributed by atoms with Gasteiger partial charge in [0.15, 0.2) is 17.3 Å². The van der Waals surface area contributed by atoms with E-state index in [1.165, 1.54) is 7.11 Å². The van der Waals surface area contributed by atoms with Crippen LogP contribution in [0.15, 0.2) is 39.1 Å². The van der Waals surface area contributed by atoms with Crippen LogP contribution in [0.5, 0.6) is 11.5 Å². The van der Waals surface area contributed by atoms with Crippen LogP contribution >= 0.6 is 15.9 Å². The number of nitrogens with one attached hydrogen (secondary N) is 1. The summed E-state index contributed by atoms with van der Waals surface area (Å²) < 4.78 is 16.9. The monoisotopic (exact) mass is 491 g/mol. The van der Waals surface area contributed by atoms with Gasteiger partial charge in [-0.3, -0.25) is 4.79 Å². The van der Waals surface area contributed by atoms with E-state index < -0.39 is 11.9 Å². The molecule has 2 N–H and O–H groups in total. The Labute approximate surface area is 189 Å². The molecule has 1 aromatic rings. The van der Waals surface area contributed by atoms with Gasteiger partial charge in [-0.25, -0.2) is 4.79 Å². The summed E-state index contributed by atoms with van der Waals surface area (Å²) in [4.78, 5) is 26.2. The molecule has 1 saturated heterocycles. The first kappa shape index (κ1) is 21.9. The second-order valence-corrected chi connectivity index (χ2v) is 8.91. The Kier molecular flexibility index (Phi) is 6.39. The third-order valence-electron chi connectivity index (χ3n) is 6.02. The van der Waals surface area contributed by atoms with Crippen molar-refractivity contribution >= 4 is 27.7 Å². The highest BCUT2D eigenvalue weighted by atomic mass is 79.9. The van der Waals surface area contributed by atoms with Gasteiger partial charge in [0.25, 0.3) is 0 Å². The van der Waals surface area contributed by atoms with Crippen molar-refractivity contribution in [2.75, 3.05) is 20.3 Å². The summed E-state index contributed by atoms with van der Waals surface area (Å²) in [5.74, 6) is -0.838. The number of phenols is 1. The van der Waals surface area contributed by atoms with E-state index in [9.17, 15) is 14.7 Å². The molecule has 31 heavy (non-hydrogen) atoms. The number of rotatable bonds is 5. The minimum atomic E-state index is -0.605. The molecule has 0 spiro atoms. The average Bonchev–Trinajstić information content (AvgIpc) is 3.27. The topological polar surface area (TPSA) is 94.1 Å². The first-order chi connectivity index (χ1) is 14.9. The summed E-state index contributed by atoms with van der Waals surface area (Å²) in [6, 6.07) is 3.39. The van der Waals surface area contributed by atoms with E-state index in [0.29, 0.717) is 39.9 Å². The summed E-state index contributed by atoms with van der Waals surface area (Å²) in [7, 11) is 1.46. The van der Waals surface area contributed by atoms with E-state index in [-0.39, 0.29) is 30.0 Å². The lowest BCUT2D eigenvalue weighted by molar-refractivity contribution is -0.142. The van der Waals surface area contributed by atoms with Crippen LogP contribution in [0.3, 0.4) is 0 Å². The maximum Gasteiger partial charge on any atom is 0.336 e. The average molecular weight is 492 g/mol. The van der Waals surface area contributed by atoms with E-state index in [0.717, 1.165) is 31.4 Å². The van der Waals surface area contributed by atoms with E-state index in [4.69, 9.17) is 14.2 Å². The number of Topliss-reactive ketones (excluding diaryl/α,β-unsaturated/α-hetero) is 1. The number of carbonyl (C=O) groups excluding carboxylic acids is 2. The van der Waals surface area contributed by atoms with Gasteiger partial charge in [0.1, 0.15) is 6.61 Å². The Hall–Kier alpha value is -2.32. The normalized spacial score (nSPS) is 23.5. The van der Waals surface area contributed by atoms with Crippen molar-refractivity contribution in [2.45, 2.75) is 51.0 Å². The molecule has 8 heteroatoms. The number of phenolic OH excluding ortho intramolecular Hbond substituents is 1. The molecule has 2 aliphatic heterocycles. The Balaban J connectivity index is 1.76. The van der Waals surface area contributed by atoms with Gasteiger partial charge in [0, 0.05) is 35.9 Å². The van der Waals surface area contributed by atoms with Gasteiger partial charge in [-0.05, 0) is 66.2 Å². The number of carbonyl (C=O) groups is 2. The molecule has 1 aliphatic carbocycles. The zero-order chi connectivity index (χ0) is 22.1. The molecule has 166 valence electrons. The number of hydrogen-bond donors (Lipinski definition) is 2. The summed E-state index contributed by atoms with van der Waals surface area (Å²) >= 11 is 3.36. The number of allylic oxidation sites excluding steroid dienone is 3. The van der Waals surface area contributed by atoms with Crippen molar-refractivity contribution in [1.82, 2.24) is 5.32 Å². The molecule has 7 nitrogen and oxygen atoms in total. The molecule has 0 amide bonds. The minimum Gasteiger partial charge on any atom is -0.503 e. The standard InChI is InChI=1S/C23H26BrNO6/c1-12-19(23(28)31-11-14-5-4-8-30-14)20(21-16(25-12)6-3-7-17(21)26)13-9-15(24)22(27)18(10-13)29-2/h9-10,14,20,25,27H,3-8,11H2,1-2H3/t14-,20-/m0/s1. The second kappa shape index (κ2) is 9.04. The van der Waals surface area contributed by atoms with Crippen molar-refractivity contribution in [3.05, 3.63) is 44.7 Å². The van der Waals surface area contributed by atoms with Gasteiger partial charge in [-0.1, -0.05) is 0 Å². The van der Waals surface area contributed by atoms with Crippen LogP contribution in [0.25, 0.3) is 0 Å². The molecule has 4 rings (SSSR count). The molecule has 0 saturated carbocycles. The van der Waals surface area contributed by atoms with Crippen LogP contribution in [0.2, 0.25) is 0 Å². The van der Waals surface area contributed by atoms with Crippen LogP contribution in [0.1, 0.15) is 50.5 Å². The van der Waals surface area contributed by atoms with Crippen molar-refractivity contribution in [3.63, 3.8) is 0 Å². The number of aromatic hydroxyl groups is 1. The first-order valence-corrected chi connectivity index (χ1v) is 11.3. The third kappa shape index (κ3) is 4.23. The van der Waals surface area contributed by atoms with Crippen molar-refractivity contribution in [2.24, 2.45) is 0 Å². The number of halogens is 1. The predicted molar refractivity (Wildman–Crippen MR) is 117 cm³/mol. The molecule has 0 aromatic heterocycles. The third-order valence-corrected chi connectivity index (χ3v) is 6.63. The van der Waals surface area contributed by atoms with Gasteiger partial charge in [-0.15, -0.1) is 0 Å². The van der Waals surface area contributed by atoms with Gasteiger partial charge >= 0.3 is 5.97 Å². The lowest BCUT2D eigenvalue weighted by atomic mass is 9.75. The Morgan fingerprint density at radius 1 is 1.32 bits per heavy atom. The van der Waals surface area contributed by atoms with Gasteiger partial charge in [-0.2, -0.15) is 0 Å². The molecule has 3 aliphatic rings. The van der Waals surface area contributed by atoms with Crippen LogP contribution in [-0.4, -0.2) is 43.3 Å². The number of methoxy groups -OCH3 is 1. The molecule has 0 bridgehead atoms. The minimum absolute atomic E-state index is 0.0128. The van der Waals surface area contributed by atoms with Crippen molar-refractivity contribution in [3.8, 4) is 11.5 Å². The van der Waals surface area contributed by atoms with Crippen LogP contribution in [0, 0.1) is 0 Å². The smallest absolute Gasteiger partial charge is 0.336 e. The van der Waals surface area contributed by atoms with E-state index in [2.05, 4.69) is 21.2 Å². The zero-order valence-corrected chi connectivity index (χ0v) is 19.2. The molecule has 0 unspecified atom stereocenters. The zero-order valence-electron chi connectivity index (χ0n) is 17.6. The molecular formula is C23H26BrNO6. The molecule has 1 aromatic carbocycles. The van der Waals surface area contributed by atoms with Gasteiger partial charge in [0.2, 0.25) is 0 Å². The van der Waals surface area contributed by atoms with Crippen molar-refractivity contribution in [1.29, 1.82) is 0 Å². The van der Waals surface area contributed by atoms with E-state index in [1.54, 1.807) is 12.1 Å². The number of dihydropyridines is 1. The van der Waals surface area contributed by atoms with E-state index in [1.807, 2.05) is 6.92 Å². The number of hydrogen-bond acceptors (Lipinski definition) is 7. The molecule has 1 fully saturated rings. The molecule has 2 heterocycles. The predicted octanol–water partition coefficient (Wildman–Crippen LogP) is 3.85. The second-order valence-electron chi connectivity index (χ2n) is 8.05. The fourth-order valence-electron chi connectivity index (χ4n) is 4.53. The van der Waals surface area contributed by atoms with Crippen LogP contribution < -0.4 is 10.1 Å². The summed E-state index contributed by atoms with van der Waals surface area (Å²) in [6.07, 6.45) is 3.68. The lowest BCUT2D eigenvalue weighted by Crippen LogP contribution is -2.35. The van der Waals surface area contributed by atoms with E-state index >= 15 is 0 Å². The number of ketones is 1. The SMILES string of the molecule is COc1cc([C@H]2C(C(=O)OC[C@@H]3CCCO3)=C(C)NC3=C2C(=O)CCC3)cc(Br)c1O. The number of benzene rings is 1. The number of ether oxygens (including phenoxy) is 3. The van der Waals surface area contributed by atoms with Gasteiger partial charge < -0.3 is 24.6 Å². The molecule has 0 radical (unpaired) electrons. The number of esters is 1. The van der Waals surface area contributed by atoms with Crippen LogP contribution in [0.4, 0.5) is 0 Å². The maximum absolute atomic E-state index is 13.2. The van der Waals surface area contributed by atoms with Gasteiger partial charge in [0.05, 0.1) is 23.3 Å². The largest absolute Gasteiger partial charge is 0.503 e. The summed E-state index contributed by atoms with van der Waals surface area (Å²) in [5, 5.41) is 13.5. The fourth-order valence-corrected chi connectivity index (χ4v) is 4.99. The Morgan fingerprint density at radius 3 is 2.84 bits per heavy atom. The highest BCUT2D eigenvalue weighted by Gasteiger charge is 2.40.